The van der Waals surface area contributed by atoms with E-state index in [-0.39, 0.29) is 29.8 Å². The van der Waals surface area contributed by atoms with Gasteiger partial charge in [-0.2, -0.15) is 0 Å². The fourth-order valence-electron chi connectivity index (χ4n) is 8.73. The van der Waals surface area contributed by atoms with Crippen molar-refractivity contribution >= 4 is 34.8 Å². The van der Waals surface area contributed by atoms with Crippen molar-refractivity contribution in [3.63, 3.8) is 0 Å². The van der Waals surface area contributed by atoms with Gasteiger partial charge in [0.25, 0.3) is 5.91 Å². The van der Waals surface area contributed by atoms with Crippen molar-refractivity contribution in [1.29, 1.82) is 0 Å². The average molecular weight is 837 g/mol. The molecule has 6 aromatic rings. The maximum Gasteiger partial charge on any atom is 0.407 e. The summed E-state index contributed by atoms with van der Waals surface area (Å²) in [6.07, 6.45) is 5.53. The molecule has 14 nitrogen and oxygen atoms in total. The number of aromatic nitrogens is 4. The van der Waals surface area contributed by atoms with E-state index in [4.69, 9.17) is 19.4 Å². The molecule has 0 radical (unpaired) electrons. The standard InChI is InChI=1S/C48H52N8O6/c1-28(2)41(53-47(59)61-4)45(57)55-21-7-11-39(55)44-50-27-38(52-44)35-20-19-33-24-32(17-18-34(33)25-35)30-13-15-31(16-14-30)37-26-49-43(51-37)40-12-8-22-56(40)46(58)42(54-48(60)62-5)36-10-6-9-29(3)23-36/h6,9-10,13-20,23-28,39-42H,7-8,11-12,21-22H2,1-5H3,(H,49,51)(H,50,52)(H,53,59)(H,54,60)/t39-,40-,41-,42?/m0/s1. The van der Waals surface area contributed by atoms with Gasteiger partial charge < -0.3 is 39.9 Å². The summed E-state index contributed by atoms with van der Waals surface area (Å²) in [7, 11) is 2.58. The van der Waals surface area contributed by atoms with E-state index in [1.54, 1.807) is 4.90 Å². The Kier molecular flexibility index (Phi) is 12.1. The van der Waals surface area contributed by atoms with Crippen LogP contribution in [0.25, 0.3) is 44.4 Å². The third kappa shape index (κ3) is 8.63. The van der Waals surface area contributed by atoms with Crippen LogP contribution in [0.1, 0.15) is 80.4 Å². The Labute approximate surface area is 360 Å². The zero-order valence-corrected chi connectivity index (χ0v) is 35.6. The first-order valence-corrected chi connectivity index (χ1v) is 21.1. The number of hydrogen-bond donors (Lipinski definition) is 4. The van der Waals surface area contributed by atoms with Crippen molar-refractivity contribution < 1.29 is 28.7 Å². The van der Waals surface area contributed by atoms with E-state index in [2.05, 4.69) is 81.3 Å². The van der Waals surface area contributed by atoms with E-state index >= 15 is 0 Å². The van der Waals surface area contributed by atoms with Crippen LogP contribution < -0.4 is 10.6 Å². The lowest BCUT2D eigenvalue weighted by atomic mass is 9.98. The molecule has 2 aromatic heterocycles. The summed E-state index contributed by atoms with van der Waals surface area (Å²) in [6, 6.07) is 26.6. The summed E-state index contributed by atoms with van der Waals surface area (Å²) in [5, 5.41) is 7.63. The molecule has 0 saturated carbocycles. The van der Waals surface area contributed by atoms with Crippen LogP contribution in [0.2, 0.25) is 0 Å². The van der Waals surface area contributed by atoms with Crippen LogP contribution in [0.4, 0.5) is 9.59 Å². The second-order valence-corrected chi connectivity index (χ2v) is 16.4. The number of imidazole rings is 2. The van der Waals surface area contributed by atoms with Gasteiger partial charge in [-0.15, -0.1) is 0 Å². The Hall–Kier alpha value is -6.96. The monoisotopic (exact) mass is 836 g/mol. The number of hydrogen-bond acceptors (Lipinski definition) is 8. The Bertz CT molecular complexity index is 2600. The number of nitrogens with zero attached hydrogens (tertiary/aromatic N) is 4. The van der Waals surface area contributed by atoms with Crippen molar-refractivity contribution in [2.45, 2.75) is 70.6 Å². The first-order chi connectivity index (χ1) is 30.0. The minimum atomic E-state index is -0.886. The van der Waals surface area contributed by atoms with Gasteiger partial charge in [0.2, 0.25) is 5.91 Å². The first-order valence-electron chi connectivity index (χ1n) is 21.1. The Balaban J connectivity index is 0.944. The van der Waals surface area contributed by atoms with Crippen LogP contribution in [0.15, 0.2) is 97.3 Å². The van der Waals surface area contributed by atoms with Crippen LogP contribution >= 0.6 is 0 Å². The Morgan fingerprint density at radius 2 is 1.19 bits per heavy atom. The number of fused-ring (bicyclic) bond motifs is 1. The molecule has 0 bridgehead atoms. The zero-order valence-electron chi connectivity index (χ0n) is 35.6. The molecular formula is C48H52N8O6. The van der Waals surface area contributed by atoms with Crippen molar-refractivity contribution in [2.24, 2.45) is 5.92 Å². The van der Waals surface area contributed by atoms with Crippen LogP contribution in [0.5, 0.6) is 0 Å². The maximum absolute atomic E-state index is 14.0. The molecule has 1 unspecified atom stereocenters. The fourth-order valence-corrected chi connectivity index (χ4v) is 8.73. The lowest BCUT2D eigenvalue weighted by Gasteiger charge is -2.30. The zero-order chi connectivity index (χ0) is 43.5. The number of amides is 4. The molecule has 320 valence electrons. The number of carbonyl (C=O) groups is 4. The van der Waals surface area contributed by atoms with E-state index < -0.39 is 24.3 Å². The Morgan fingerprint density at radius 3 is 1.79 bits per heavy atom. The minimum absolute atomic E-state index is 0.108. The third-order valence-corrected chi connectivity index (χ3v) is 12.0. The molecule has 4 heterocycles. The van der Waals surface area contributed by atoms with Gasteiger partial charge in [0.15, 0.2) is 0 Å². The number of nitrogens with one attached hydrogen (secondary N) is 4. The van der Waals surface area contributed by atoms with E-state index in [1.807, 2.05) is 62.3 Å². The van der Waals surface area contributed by atoms with Gasteiger partial charge in [0, 0.05) is 18.7 Å². The molecule has 4 aromatic carbocycles. The number of methoxy groups -OCH3 is 2. The van der Waals surface area contributed by atoms with Crippen LogP contribution in [-0.4, -0.2) is 87.1 Å². The van der Waals surface area contributed by atoms with E-state index in [1.165, 1.54) is 14.2 Å². The molecule has 4 amide bonds. The van der Waals surface area contributed by atoms with Gasteiger partial charge in [-0.05, 0) is 83.7 Å². The second-order valence-electron chi connectivity index (χ2n) is 16.4. The Morgan fingerprint density at radius 1 is 0.661 bits per heavy atom. The number of ether oxygens (including phenoxy) is 2. The molecule has 4 atom stereocenters. The molecule has 4 N–H and O–H groups in total. The van der Waals surface area contributed by atoms with Crippen molar-refractivity contribution in [3.05, 3.63) is 120 Å². The largest absolute Gasteiger partial charge is 0.453 e. The van der Waals surface area contributed by atoms with Gasteiger partial charge in [-0.25, -0.2) is 19.6 Å². The summed E-state index contributed by atoms with van der Waals surface area (Å²) in [5.74, 6) is 0.977. The van der Waals surface area contributed by atoms with E-state index in [0.29, 0.717) is 24.5 Å². The van der Waals surface area contributed by atoms with Crippen LogP contribution in [0.3, 0.4) is 0 Å². The number of aromatic amines is 2. The van der Waals surface area contributed by atoms with Gasteiger partial charge in [-0.1, -0.05) is 92.2 Å². The highest BCUT2D eigenvalue weighted by molar-refractivity contribution is 5.91. The van der Waals surface area contributed by atoms with Crippen molar-refractivity contribution in [1.82, 2.24) is 40.4 Å². The highest BCUT2D eigenvalue weighted by Crippen LogP contribution is 2.36. The molecule has 2 aliphatic rings. The lowest BCUT2D eigenvalue weighted by Crippen LogP contribution is -2.51. The normalized spacial score (nSPS) is 17.3. The van der Waals surface area contributed by atoms with Gasteiger partial charge in [-0.3, -0.25) is 9.59 Å². The molecule has 0 spiro atoms. The third-order valence-electron chi connectivity index (χ3n) is 12.0. The smallest absolute Gasteiger partial charge is 0.407 e. The number of H-pyrrole nitrogens is 2. The molecule has 62 heavy (non-hydrogen) atoms. The maximum atomic E-state index is 14.0. The SMILES string of the molecule is COC(=O)NC(C(=O)N1CCC[C@H]1c1ncc(-c2ccc(-c3ccc4cc(-c5cnc([C@@H]6CCCN6C(=O)[C@@H](NC(=O)OC)C(C)C)[nH]5)ccc4c3)cc2)[nH]1)c1cccc(C)c1. The van der Waals surface area contributed by atoms with E-state index in [9.17, 15) is 19.2 Å². The summed E-state index contributed by atoms with van der Waals surface area (Å²) >= 11 is 0. The minimum Gasteiger partial charge on any atom is -0.453 e. The highest BCUT2D eigenvalue weighted by Gasteiger charge is 2.39. The van der Waals surface area contributed by atoms with E-state index in [0.717, 1.165) is 81.5 Å². The fraction of sp³-hybridized carbons (Fsp3) is 0.333. The summed E-state index contributed by atoms with van der Waals surface area (Å²) in [4.78, 5) is 72.0. The number of benzene rings is 4. The topological polar surface area (TPSA) is 175 Å². The molecule has 14 heteroatoms. The number of likely N-dealkylation sites (tertiary alicyclic amines) is 2. The second kappa shape index (κ2) is 17.9. The van der Waals surface area contributed by atoms with Crippen LogP contribution in [0, 0.1) is 12.8 Å². The number of aryl methyl sites for hydroxylation is 1. The molecule has 2 aliphatic heterocycles. The number of rotatable bonds is 11. The molecule has 2 saturated heterocycles. The number of carbonyl (C=O) groups excluding carboxylic acids is 4. The average Bonchev–Trinajstić information content (AvgIpc) is 4.14. The summed E-state index contributed by atoms with van der Waals surface area (Å²) in [5.41, 5.74) is 7.52. The van der Waals surface area contributed by atoms with Gasteiger partial charge >= 0.3 is 12.2 Å². The van der Waals surface area contributed by atoms with Gasteiger partial charge in [0.1, 0.15) is 23.7 Å². The summed E-state index contributed by atoms with van der Waals surface area (Å²) in [6.45, 7) is 6.90. The molecular weight excluding hydrogens is 785 g/mol. The lowest BCUT2D eigenvalue weighted by molar-refractivity contribution is -0.135. The number of alkyl carbamates (subject to hydrolysis) is 2. The quantitative estimate of drug-likeness (QED) is 0.101. The van der Waals surface area contributed by atoms with Crippen LogP contribution in [-0.2, 0) is 19.1 Å². The predicted molar refractivity (Wildman–Crippen MR) is 236 cm³/mol. The van der Waals surface area contributed by atoms with Crippen molar-refractivity contribution in [2.75, 3.05) is 27.3 Å². The molecule has 0 aliphatic carbocycles. The van der Waals surface area contributed by atoms with Crippen molar-refractivity contribution in [3.8, 4) is 33.6 Å². The summed E-state index contributed by atoms with van der Waals surface area (Å²) < 4.78 is 9.64. The molecule has 8 rings (SSSR count). The first kappa shape index (κ1) is 41.8. The van der Waals surface area contributed by atoms with Gasteiger partial charge in [0.05, 0.1) is 50.1 Å². The predicted octanol–water partition coefficient (Wildman–Crippen LogP) is 8.40. The molecule has 2 fully saturated rings. The highest BCUT2D eigenvalue weighted by atomic mass is 16.5.